The SMILES string of the molecule is COC(=O)N1CC(CN)C1.Cl. The Balaban J connectivity index is 0.000001000. The number of hydrogen-bond acceptors (Lipinski definition) is 3. The van der Waals surface area contributed by atoms with Gasteiger partial charge >= 0.3 is 6.09 Å². The Hall–Kier alpha value is -0.480. The van der Waals surface area contributed by atoms with Gasteiger partial charge in [-0.05, 0) is 6.54 Å². The molecule has 1 heterocycles. The average molecular weight is 181 g/mol. The summed E-state index contributed by atoms with van der Waals surface area (Å²) in [6.07, 6.45) is -0.246. The number of amides is 1. The van der Waals surface area contributed by atoms with Crippen LogP contribution in [-0.2, 0) is 4.74 Å². The summed E-state index contributed by atoms with van der Waals surface area (Å²) in [5.74, 6) is 0.485. The molecule has 0 bridgehead atoms. The summed E-state index contributed by atoms with van der Waals surface area (Å²) in [4.78, 5) is 12.4. The van der Waals surface area contributed by atoms with E-state index in [9.17, 15) is 4.79 Å². The molecule has 0 unspecified atom stereocenters. The molecule has 0 aromatic carbocycles. The molecule has 1 aliphatic heterocycles. The first kappa shape index (κ1) is 10.5. The molecule has 11 heavy (non-hydrogen) atoms. The maximum absolute atomic E-state index is 10.7. The molecular weight excluding hydrogens is 168 g/mol. The van der Waals surface area contributed by atoms with Crippen molar-refractivity contribution in [2.24, 2.45) is 11.7 Å². The molecule has 66 valence electrons. The number of carbonyl (C=O) groups is 1. The van der Waals surface area contributed by atoms with Crippen LogP contribution in [0.2, 0.25) is 0 Å². The van der Waals surface area contributed by atoms with Crippen LogP contribution in [-0.4, -0.2) is 37.7 Å². The minimum atomic E-state index is -0.246. The number of nitrogens with two attached hydrogens (primary N) is 1. The molecule has 0 radical (unpaired) electrons. The van der Waals surface area contributed by atoms with Crippen molar-refractivity contribution in [3.8, 4) is 0 Å². The van der Waals surface area contributed by atoms with E-state index in [1.54, 1.807) is 4.90 Å². The van der Waals surface area contributed by atoms with Gasteiger partial charge in [-0.15, -0.1) is 12.4 Å². The Kier molecular flexibility index (Phi) is 4.22. The molecule has 1 aliphatic rings. The van der Waals surface area contributed by atoms with Crippen molar-refractivity contribution in [1.29, 1.82) is 0 Å². The second kappa shape index (κ2) is 4.41. The third-order valence-electron chi connectivity index (χ3n) is 1.72. The number of methoxy groups -OCH3 is 1. The molecule has 0 aromatic rings. The first-order valence-corrected chi connectivity index (χ1v) is 3.31. The number of hydrogen-bond donors (Lipinski definition) is 1. The summed E-state index contributed by atoms with van der Waals surface area (Å²) in [6, 6.07) is 0. The Morgan fingerprint density at radius 3 is 2.64 bits per heavy atom. The summed E-state index contributed by atoms with van der Waals surface area (Å²) in [5, 5.41) is 0. The van der Waals surface area contributed by atoms with E-state index in [1.165, 1.54) is 7.11 Å². The molecule has 1 rings (SSSR count). The first-order chi connectivity index (χ1) is 4.77. The van der Waals surface area contributed by atoms with Crippen LogP contribution in [0.3, 0.4) is 0 Å². The Labute approximate surface area is 72.1 Å². The monoisotopic (exact) mass is 180 g/mol. The molecule has 1 amide bonds. The van der Waals surface area contributed by atoms with Gasteiger partial charge in [0.25, 0.3) is 0 Å². The van der Waals surface area contributed by atoms with Crippen LogP contribution in [0.5, 0.6) is 0 Å². The van der Waals surface area contributed by atoms with Crippen molar-refractivity contribution >= 4 is 18.5 Å². The molecule has 4 nitrogen and oxygen atoms in total. The van der Waals surface area contributed by atoms with E-state index in [1.807, 2.05) is 0 Å². The van der Waals surface area contributed by atoms with E-state index in [4.69, 9.17) is 5.73 Å². The van der Waals surface area contributed by atoms with Gasteiger partial charge in [0.2, 0.25) is 0 Å². The number of likely N-dealkylation sites (tertiary alicyclic amines) is 1. The highest BCUT2D eigenvalue weighted by Crippen LogP contribution is 2.14. The van der Waals surface area contributed by atoms with E-state index < -0.39 is 0 Å². The van der Waals surface area contributed by atoms with E-state index in [-0.39, 0.29) is 18.5 Å². The standard InChI is InChI=1S/C6H12N2O2.ClH/c1-10-6(9)8-3-5(2-7)4-8;/h5H,2-4,7H2,1H3;1H. The van der Waals surface area contributed by atoms with Crippen molar-refractivity contribution in [1.82, 2.24) is 4.90 Å². The summed E-state index contributed by atoms with van der Waals surface area (Å²) in [7, 11) is 1.39. The van der Waals surface area contributed by atoms with Gasteiger partial charge in [0.05, 0.1) is 7.11 Å². The molecule has 0 aromatic heterocycles. The quantitative estimate of drug-likeness (QED) is 0.621. The lowest BCUT2D eigenvalue weighted by Crippen LogP contribution is -2.52. The van der Waals surface area contributed by atoms with Crippen LogP contribution in [0.4, 0.5) is 4.79 Å². The van der Waals surface area contributed by atoms with Gasteiger partial charge in [-0.2, -0.15) is 0 Å². The zero-order chi connectivity index (χ0) is 7.56. The topological polar surface area (TPSA) is 55.6 Å². The largest absolute Gasteiger partial charge is 0.453 e. The predicted octanol–water partition coefficient (Wildman–Crippen LogP) is 0.0651. The van der Waals surface area contributed by atoms with Crippen LogP contribution < -0.4 is 5.73 Å². The van der Waals surface area contributed by atoms with Crippen LogP contribution in [0.25, 0.3) is 0 Å². The van der Waals surface area contributed by atoms with Crippen LogP contribution in [0.1, 0.15) is 0 Å². The minimum absolute atomic E-state index is 0. The summed E-state index contributed by atoms with van der Waals surface area (Å²) in [5.41, 5.74) is 5.36. The fourth-order valence-electron chi connectivity index (χ4n) is 0.997. The van der Waals surface area contributed by atoms with Crippen molar-refractivity contribution in [3.63, 3.8) is 0 Å². The summed E-state index contributed by atoms with van der Waals surface area (Å²) >= 11 is 0. The van der Waals surface area contributed by atoms with Crippen LogP contribution >= 0.6 is 12.4 Å². The second-order valence-corrected chi connectivity index (χ2v) is 2.48. The molecule has 2 N–H and O–H groups in total. The summed E-state index contributed by atoms with van der Waals surface area (Å²) in [6.45, 7) is 2.17. The lowest BCUT2D eigenvalue weighted by Gasteiger charge is -2.37. The number of ether oxygens (including phenoxy) is 1. The van der Waals surface area contributed by atoms with Crippen LogP contribution in [0, 0.1) is 5.92 Å². The van der Waals surface area contributed by atoms with Gasteiger partial charge in [-0.25, -0.2) is 4.79 Å². The maximum Gasteiger partial charge on any atom is 0.409 e. The summed E-state index contributed by atoms with van der Waals surface area (Å²) < 4.78 is 4.49. The van der Waals surface area contributed by atoms with Gasteiger partial charge < -0.3 is 15.4 Å². The Morgan fingerprint density at radius 2 is 2.27 bits per heavy atom. The third kappa shape index (κ3) is 2.24. The van der Waals surface area contributed by atoms with E-state index in [0.29, 0.717) is 12.5 Å². The second-order valence-electron chi connectivity index (χ2n) is 2.48. The lowest BCUT2D eigenvalue weighted by molar-refractivity contribution is 0.0704. The normalized spacial score (nSPS) is 16.7. The van der Waals surface area contributed by atoms with Crippen molar-refractivity contribution in [3.05, 3.63) is 0 Å². The highest BCUT2D eigenvalue weighted by Gasteiger charge is 2.29. The van der Waals surface area contributed by atoms with Gasteiger partial charge in [-0.1, -0.05) is 0 Å². The first-order valence-electron chi connectivity index (χ1n) is 3.31. The number of rotatable bonds is 1. The third-order valence-corrected chi connectivity index (χ3v) is 1.72. The van der Waals surface area contributed by atoms with Crippen molar-refractivity contribution in [2.45, 2.75) is 0 Å². The minimum Gasteiger partial charge on any atom is -0.453 e. The molecule has 1 fully saturated rings. The highest BCUT2D eigenvalue weighted by atomic mass is 35.5. The highest BCUT2D eigenvalue weighted by molar-refractivity contribution is 5.85. The molecule has 1 saturated heterocycles. The van der Waals surface area contributed by atoms with E-state index in [2.05, 4.69) is 4.74 Å². The Morgan fingerprint density at radius 1 is 1.73 bits per heavy atom. The predicted molar refractivity (Wildman–Crippen MR) is 43.8 cm³/mol. The molecule has 0 spiro atoms. The smallest absolute Gasteiger partial charge is 0.409 e. The fourth-order valence-corrected chi connectivity index (χ4v) is 0.997. The maximum atomic E-state index is 10.7. The lowest BCUT2D eigenvalue weighted by atomic mass is 10.0. The van der Waals surface area contributed by atoms with Gasteiger partial charge in [0.1, 0.15) is 0 Å². The zero-order valence-electron chi connectivity index (χ0n) is 6.45. The average Bonchev–Trinajstić information content (AvgIpc) is 1.85. The van der Waals surface area contributed by atoms with Gasteiger partial charge in [0, 0.05) is 19.0 Å². The fraction of sp³-hybridized carbons (Fsp3) is 0.833. The molecular formula is C6H13ClN2O2. The van der Waals surface area contributed by atoms with Gasteiger partial charge in [0.15, 0.2) is 0 Å². The van der Waals surface area contributed by atoms with Crippen LogP contribution in [0.15, 0.2) is 0 Å². The van der Waals surface area contributed by atoms with Crippen molar-refractivity contribution in [2.75, 3.05) is 26.7 Å². The van der Waals surface area contributed by atoms with E-state index >= 15 is 0 Å². The Bertz CT molecular complexity index is 137. The van der Waals surface area contributed by atoms with E-state index in [0.717, 1.165) is 13.1 Å². The number of halogens is 1. The molecule has 0 saturated carbocycles. The van der Waals surface area contributed by atoms with Crippen molar-refractivity contribution < 1.29 is 9.53 Å². The number of carbonyl (C=O) groups excluding carboxylic acids is 1. The number of nitrogens with zero attached hydrogens (tertiary/aromatic N) is 1. The molecule has 0 atom stereocenters. The van der Waals surface area contributed by atoms with Gasteiger partial charge in [-0.3, -0.25) is 0 Å². The molecule has 0 aliphatic carbocycles. The molecule has 5 heteroatoms. The zero-order valence-corrected chi connectivity index (χ0v) is 7.26.